The van der Waals surface area contributed by atoms with E-state index in [1.807, 2.05) is 32.0 Å². The maximum atomic E-state index is 11.9. The third-order valence-electron chi connectivity index (χ3n) is 3.81. The molecule has 0 fully saturated rings. The lowest BCUT2D eigenvalue weighted by molar-refractivity contribution is -0.307. The first kappa shape index (κ1) is 20.0. The van der Waals surface area contributed by atoms with Crippen LogP contribution in [0.2, 0.25) is 0 Å². The van der Waals surface area contributed by atoms with Gasteiger partial charge in [0.15, 0.2) is 6.61 Å². The van der Waals surface area contributed by atoms with Crippen molar-refractivity contribution in [3.8, 4) is 11.5 Å². The van der Waals surface area contributed by atoms with E-state index >= 15 is 0 Å². The molecule has 27 heavy (non-hydrogen) atoms. The summed E-state index contributed by atoms with van der Waals surface area (Å²) >= 11 is 0. The minimum atomic E-state index is -1.30. The number of aliphatic carboxylic acids is 1. The molecular weight excluding hydrogens is 348 g/mol. The maximum Gasteiger partial charge on any atom is 0.277 e. The molecule has 0 saturated heterocycles. The number of carbonyl (C=O) groups is 2. The molecule has 2 rings (SSSR count). The van der Waals surface area contributed by atoms with Crippen molar-refractivity contribution in [3.05, 3.63) is 59.2 Å². The van der Waals surface area contributed by atoms with E-state index in [0.717, 1.165) is 11.1 Å². The molecule has 0 saturated carbocycles. The summed E-state index contributed by atoms with van der Waals surface area (Å²) in [6, 6.07) is 12.3. The topological polar surface area (TPSA) is 100 Å². The number of benzene rings is 2. The Bertz CT molecular complexity index is 861. The second-order valence-electron chi connectivity index (χ2n) is 5.96. The Labute approximate surface area is 157 Å². The van der Waals surface area contributed by atoms with Crippen LogP contribution in [0.1, 0.15) is 23.6 Å². The molecule has 2 aromatic carbocycles. The molecular formula is C20H21N2O5-. The Balaban J connectivity index is 1.90. The number of nitrogens with one attached hydrogen (secondary N) is 1. The Morgan fingerprint density at radius 1 is 1.00 bits per heavy atom. The second-order valence-corrected chi connectivity index (χ2v) is 5.96. The van der Waals surface area contributed by atoms with Crippen LogP contribution in [0.3, 0.4) is 0 Å². The van der Waals surface area contributed by atoms with Gasteiger partial charge in [0.2, 0.25) is 0 Å². The molecule has 1 N–H and O–H groups in total. The number of aryl methyl sites for hydroxylation is 2. The van der Waals surface area contributed by atoms with Crippen molar-refractivity contribution in [3.63, 3.8) is 0 Å². The molecule has 7 heteroatoms. The number of ether oxygens (including phenoxy) is 2. The van der Waals surface area contributed by atoms with Gasteiger partial charge in [-0.25, -0.2) is 5.43 Å². The van der Waals surface area contributed by atoms with Gasteiger partial charge < -0.3 is 19.4 Å². The number of carbonyl (C=O) groups excluding carboxylic acids is 2. The van der Waals surface area contributed by atoms with Gasteiger partial charge in [-0.1, -0.05) is 18.2 Å². The highest BCUT2D eigenvalue weighted by Gasteiger charge is 2.05. The summed E-state index contributed by atoms with van der Waals surface area (Å²) in [5.41, 5.74) is 5.88. The number of hydrogen-bond donors (Lipinski definition) is 1. The van der Waals surface area contributed by atoms with Crippen LogP contribution in [-0.4, -0.2) is 30.8 Å². The molecule has 142 valence electrons. The van der Waals surface area contributed by atoms with E-state index in [2.05, 4.69) is 10.5 Å². The fourth-order valence-corrected chi connectivity index (χ4v) is 2.15. The van der Waals surface area contributed by atoms with Crippen LogP contribution in [0.4, 0.5) is 0 Å². The van der Waals surface area contributed by atoms with Gasteiger partial charge >= 0.3 is 0 Å². The monoisotopic (exact) mass is 369 g/mol. The SMILES string of the molecule is C/C(=N/NC(=O)COc1ccc(C)c(C)c1)c1cccc(OCC(=O)[O-])c1. The van der Waals surface area contributed by atoms with Crippen LogP contribution in [-0.2, 0) is 9.59 Å². The van der Waals surface area contributed by atoms with Gasteiger partial charge in [-0.15, -0.1) is 0 Å². The zero-order chi connectivity index (χ0) is 19.8. The molecule has 7 nitrogen and oxygen atoms in total. The molecule has 0 heterocycles. The first-order valence-electron chi connectivity index (χ1n) is 8.31. The summed E-state index contributed by atoms with van der Waals surface area (Å²) in [7, 11) is 0. The zero-order valence-corrected chi connectivity index (χ0v) is 15.4. The van der Waals surface area contributed by atoms with E-state index in [0.29, 0.717) is 22.8 Å². The van der Waals surface area contributed by atoms with Crippen LogP contribution < -0.4 is 20.0 Å². The average Bonchev–Trinajstić information content (AvgIpc) is 2.65. The molecule has 0 unspecified atom stereocenters. The summed E-state index contributed by atoms with van der Waals surface area (Å²) in [5, 5.41) is 14.5. The third-order valence-corrected chi connectivity index (χ3v) is 3.81. The number of hydrogen-bond acceptors (Lipinski definition) is 6. The summed E-state index contributed by atoms with van der Waals surface area (Å²) in [6.07, 6.45) is 0. The number of nitrogens with zero attached hydrogens (tertiary/aromatic N) is 1. The minimum absolute atomic E-state index is 0.159. The molecule has 0 aliphatic rings. The van der Waals surface area contributed by atoms with Gasteiger partial charge in [0.1, 0.15) is 18.1 Å². The van der Waals surface area contributed by atoms with E-state index in [1.165, 1.54) is 0 Å². The fraction of sp³-hybridized carbons (Fsp3) is 0.250. The standard InChI is InChI=1S/C20H22N2O5/c1-13-7-8-18(9-14(13)2)26-11-19(23)22-21-15(3)16-5-4-6-17(10-16)27-12-20(24)25/h4-10H,11-12H2,1-3H3,(H,22,23)(H,24,25)/p-1/b21-15-. The Morgan fingerprint density at radius 2 is 1.70 bits per heavy atom. The first-order valence-corrected chi connectivity index (χ1v) is 8.31. The molecule has 2 aromatic rings. The highest BCUT2D eigenvalue weighted by atomic mass is 16.5. The lowest BCUT2D eigenvalue weighted by Gasteiger charge is -2.09. The first-order chi connectivity index (χ1) is 12.8. The Kier molecular flexibility index (Phi) is 6.93. The smallest absolute Gasteiger partial charge is 0.277 e. The van der Waals surface area contributed by atoms with Gasteiger partial charge in [0.25, 0.3) is 5.91 Å². The molecule has 0 aliphatic heterocycles. The minimum Gasteiger partial charge on any atom is -0.546 e. The summed E-state index contributed by atoms with van der Waals surface area (Å²) in [4.78, 5) is 22.4. The lowest BCUT2D eigenvalue weighted by Crippen LogP contribution is -2.29. The third kappa shape index (κ3) is 6.47. The Morgan fingerprint density at radius 3 is 2.41 bits per heavy atom. The van der Waals surface area contributed by atoms with Crippen molar-refractivity contribution in [2.45, 2.75) is 20.8 Å². The van der Waals surface area contributed by atoms with Crippen LogP contribution in [0, 0.1) is 13.8 Å². The van der Waals surface area contributed by atoms with E-state index in [4.69, 9.17) is 9.47 Å². The highest BCUT2D eigenvalue weighted by Crippen LogP contribution is 2.16. The van der Waals surface area contributed by atoms with Crippen molar-refractivity contribution in [1.82, 2.24) is 5.43 Å². The van der Waals surface area contributed by atoms with E-state index in [-0.39, 0.29) is 6.61 Å². The number of carboxylic acid groups (broad SMARTS) is 1. The summed E-state index contributed by atoms with van der Waals surface area (Å²) in [5.74, 6) is -0.707. The summed E-state index contributed by atoms with van der Waals surface area (Å²) in [6.45, 7) is 4.99. The number of amides is 1. The van der Waals surface area contributed by atoms with Crippen molar-refractivity contribution in [1.29, 1.82) is 0 Å². The molecule has 0 atom stereocenters. The predicted octanol–water partition coefficient (Wildman–Crippen LogP) is 1.35. The van der Waals surface area contributed by atoms with Crippen LogP contribution in [0.15, 0.2) is 47.6 Å². The van der Waals surface area contributed by atoms with Crippen LogP contribution in [0.25, 0.3) is 0 Å². The quantitative estimate of drug-likeness (QED) is 0.559. The van der Waals surface area contributed by atoms with Crippen molar-refractivity contribution < 1.29 is 24.2 Å². The number of carboxylic acids is 1. The van der Waals surface area contributed by atoms with Gasteiger partial charge in [-0.3, -0.25) is 4.79 Å². The highest BCUT2D eigenvalue weighted by molar-refractivity contribution is 5.99. The van der Waals surface area contributed by atoms with Gasteiger partial charge in [0, 0.05) is 5.56 Å². The Hall–Kier alpha value is -3.35. The molecule has 0 aromatic heterocycles. The lowest BCUT2D eigenvalue weighted by atomic mass is 10.1. The molecule has 0 aliphatic carbocycles. The zero-order valence-electron chi connectivity index (χ0n) is 15.4. The van der Waals surface area contributed by atoms with Crippen LogP contribution in [0.5, 0.6) is 11.5 Å². The second kappa shape index (κ2) is 9.38. The van der Waals surface area contributed by atoms with Crippen molar-refractivity contribution in [2.24, 2.45) is 5.10 Å². The molecule has 0 radical (unpaired) electrons. The predicted molar refractivity (Wildman–Crippen MR) is 98.7 cm³/mol. The largest absolute Gasteiger partial charge is 0.546 e. The number of hydrazone groups is 1. The van der Waals surface area contributed by atoms with E-state index in [1.54, 1.807) is 31.2 Å². The van der Waals surface area contributed by atoms with Crippen molar-refractivity contribution >= 4 is 17.6 Å². The van der Waals surface area contributed by atoms with Crippen LogP contribution >= 0.6 is 0 Å². The maximum absolute atomic E-state index is 11.9. The average molecular weight is 369 g/mol. The molecule has 0 spiro atoms. The van der Waals surface area contributed by atoms with Gasteiger partial charge in [-0.05, 0) is 56.2 Å². The molecule has 0 bridgehead atoms. The fourth-order valence-electron chi connectivity index (χ4n) is 2.15. The van der Waals surface area contributed by atoms with E-state index < -0.39 is 18.5 Å². The van der Waals surface area contributed by atoms with E-state index in [9.17, 15) is 14.7 Å². The van der Waals surface area contributed by atoms with Crippen molar-refractivity contribution in [2.75, 3.05) is 13.2 Å². The van der Waals surface area contributed by atoms with Gasteiger partial charge in [0.05, 0.1) is 11.7 Å². The summed E-state index contributed by atoms with van der Waals surface area (Å²) < 4.78 is 10.5. The molecule has 1 amide bonds. The normalized spacial score (nSPS) is 11.0. The van der Waals surface area contributed by atoms with Gasteiger partial charge in [-0.2, -0.15) is 5.10 Å². The number of rotatable bonds is 8.